The molecule has 3 aromatic carbocycles. The van der Waals surface area contributed by atoms with E-state index in [-0.39, 0.29) is 11.7 Å². The molecule has 1 amide bonds. The molecule has 1 aliphatic rings. The number of ether oxygens (including phenoxy) is 2. The predicted molar refractivity (Wildman–Crippen MR) is 111 cm³/mol. The summed E-state index contributed by atoms with van der Waals surface area (Å²) in [5.41, 5.74) is 3.85. The molecule has 152 valence electrons. The Kier molecular flexibility index (Phi) is 5.36. The zero-order valence-electron chi connectivity index (χ0n) is 15.6. The highest BCUT2D eigenvalue weighted by molar-refractivity contribution is 7.92. The number of rotatable bonds is 6. The first-order valence-corrected chi connectivity index (χ1v) is 10.4. The first-order chi connectivity index (χ1) is 14.5. The Labute approximate surface area is 173 Å². The average molecular weight is 423 g/mol. The SMILES string of the molecule is O=C(NN=Cc1ccc2c(c1)OCO2)c1ccc(NS(=O)(=O)c2ccccc2)cc1. The van der Waals surface area contributed by atoms with Gasteiger partial charge in [0, 0.05) is 11.3 Å². The zero-order valence-corrected chi connectivity index (χ0v) is 16.4. The van der Waals surface area contributed by atoms with E-state index < -0.39 is 15.9 Å². The van der Waals surface area contributed by atoms with Gasteiger partial charge in [0.1, 0.15) is 0 Å². The number of benzene rings is 3. The van der Waals surface area contributed by atoms with E-state index in [4.69, 9.17) is 9.47 Å². The molecule has 0 aliphatic carbocycles. The Hall–Kier alpha value is -3.85. The van der Waals surface area contributed by atoms with Gasteiger partial charge in [0.15, 0.2) is 11.5 Å². The largest absolute Gasteiger partial charge is 0.454 e. The normalized spacial score (nSPS) is 12.7. The van der Waals surface area contributed by atoms with Crippen LogP contribution in [-0.4, -0.2) is 27.3 Å². The maximum atomic E-state index is 12.3. The molecule has 0 unspecified atom stereocenters. The van der Waals surface area contributed by atoms with Gasteiger partial charge in [-0.25, -0.2) is 13.8 Å². The van der Waals surface area contributed by atoms with Crippen LogP contribution in [0.2, 0.25) is 0 Å². The Bertz CT molecular complexity index is 1190. The van der Waals surface area contributed by atoms with Crippen molar-refractivity contribution in [2.24, 2.45) is 5.10 Å². The van der Waals surface area contributed by atoms with Crippen LogP contribution in [0.1, 0.15) is 15.9 Å². The van der Waals surface area contributed by atoms with Crippen LogP contribution in [-0.2, 0) is 10.0 Å². The molecule has 0 saturated carbocycles. The van der Waals surface area contributed by atoms with Gasteiger partial charge in [-0.05, 0) is 60.2 Å². The van der Waals surface area contributed by atoms with Crippen molar-refractivity contribution in [3.63, 3.8) is 0 Å². The lowest BCUT2D eigenvalue weighted by Gasteiger charge is -2.08. The van der Waals surface area contributed by atoms with E-state index in [2.05, 4.69) is 15.2 Å². The fourth-order valence-corrected chi connectivity index (χ4v) is 3.81. The van der Waals surface area contributed by atoms with Crippen molar-refractivity contribution in [3.8, 4) is 11.5 Å². The predicted octanol–water partition coefficient (Wildman–Crippen LogP) is 2.98. The number of sulfonamides is 1. The summed E-state index contributed by atoms with van der Waals surface area (Å²) in [6.45, 7) is 0.185. The van der Waals surface area contributed by atoms with Gasteiger partial charge < -0.3 is 9.47 Å². The van der Waals surface area contributed by atoms with Gasteiger partial charge in [-0.1, -0.05) is 18.2 Å². The van der Waals surface area contributed by atoms with Crippen LogP contribution < -0.4 is 19.6 Å². The second-order valence-corrected chi connectivity index (χ2v) is 7.99. The number of carbonyl (C=O) groups is 1. The summed E-state index contributed by atoms with van der Waals surface area (Å²) in [5, 5.41) is 3.93. The summed E-state index contributed by atoms with van der Waals surface area (Å²) in [5.74, 6) is 0.863. The van der Waals surface area contributed by atoms with Crippen LogP contribution in [0, 0.1) is 0 Å². The fourth-order valence-electron chi connectivity index (χ4n) is 2.73. The summed E-state index contributed by atoms with van der Waals surface area (Å²) < 4.78 is 37.7. The topological polar surface area (TPSA) is 106 Å². The van der Waals surface area contributed by atoms with Gasteiger partial charge >= 0.3 is 0 Å². The number of nitrogens with zero attached hydrogens (tertiary/aromatic N) is 1. The van der Waals surface area contributed by atoms with E-state index >= 15 is 0 Å². The standard InChI is InChI=1S/C21H17N3O5S/c25-21(23-22-13-15-6-11-19-20(12-15)29-14-28-19)16-7-9-17(10-8-16)24-30(26,27)18-4-2-1-3-5-18/h1-13,24H,14H2,(H,23,25). The third-order valence-electron chi connectivity index (χ3n) is 4.23. The lowest BCUT2D eigenvalue weighted by atomic mass is 10.2. The number of hydrogen-bond acceptors (Lipinski definition) is 6. The first kappa shape index (κ1) is 19.5. The molecule has 2 N–H and O–H groups in total. The van der Waals surface area contributed by atoms with Crippen molar-refractivity contribution in [2.75, 3.05) is 11.5 Å². The van der Waals surface area contributed by atoms with Crippen LogP contribution in [0.5, 0.6) is 11.5 Å². The second-order valence-electron chi connectivity index (χ2n) is 6.31. The third kappa shape index (κ3) is 4.41. The molecule has 0 radical (unpaired) electrons. The quantitative estimate of drug-likeness (QED) is 0.468. The molecule has 8 nitrogen and oxygen atoms in total. The molecular weight excluding hydrogens is 406 g/mol. The lowest BCUT2D eigenvalue weighted by Crippen LogP contribution is -2.18. The van der Waals surface area contributed by atoms with Gasteiger partial charge in [-0.15, -0.1) is 0 Å². The molecule has 1 aliphatic heterocycles. The van der Waals surface area contributed by atoms with Gasteiger partial charge in [0.2, 0.25) is 6.79 Å². The molecule has 0 bridgehead atoms. The van der Waals surface area contributed by atoms with Gasteiger partial charge in [-0.2, -0.15) is 5.10 Å². The average Bonchev–Trinajstić information content (AvgIpc) is 3.22. The van der Waals surface area contributed by atoms with E-state index in [1.807, 2.05) is 0 Å². The Morgan fingerprint density at radius 3 is 2.43 bits per heavy atom. The minimum Gasteiger partial charge on any atom is -0.454 e. The first-order valence-electron chi connectivity index (χ1n) is 8.92. The molecule has 9 heteroatoms. The van der Waals surface area contributed by atoms with Gasteiger partial charge in [0.05, 0.1) is 11.1 Å². The van der Waals surface area contributed by atoms with Crippen molar-refractivity contribution in [1.82, 2.24) is 5.43 Å². The van der Waals surface area contributed by atoms with Crippen LogP contribution >= 0.6 is 0 Å². The summed E-state index contributed by atoms with van der Waals surface area (Å²) in [6.07, 6.45) is 1.49. The van der Waals surface area contributed by atoms with Crippen LogP contribution in [0.25, 0.3) is 0 Å². The number of hydrogen-bond donors (Lipinski definition) is 2. The smallest absolute Gasteiger partial charge is 0.271 e. The van der Waals surface area contributed by atoms with E-state index in [0.717, 1.165) is 5.56 Å². The molecule has 3 aromatic rings. The maximum absolute atomic E-state index is 12.3. The van der Waals surface area contributed by atoms with Gasteiger partial charge in [0.25, 0.3) is 15.9 Å². The highest BCUT2D eigenvalue weighted by Gasteiger charge is 2.14. The maximum Gasteiger partial charge on any atom is 0.271 e. The number of carbonyl (C=O) groups excluding carboxylic acids is 1. The minimum atomic E-state index is -3.69. The highest BCUT2D eigenvalue weighted by Crippen LogP contribution is 2.31. The fraction of sp³-hybridized carbons (Fsp3) is 0.0476. The summed E-state index contributed by atoms with van der Waals surface area (Å²) in [4.78, 5) is 12.4. The van der Waals surface area contributed by atoms with Crippen molar-refractivity contribution in [1.29, 1.82) is 0 Å². The number of nitrogens with one attached hydrogen (secondary N) is 2. The second kappa shape index (κ2) is 8.26. The Balaban J connectivity index is 1.37. The van der Waals surface area contributed by atoms with Crippen LogP contribution in [0.15, 0.2) is 82.8 Å². The van der Waals surface area contributed by atoms with Crippen LogP contribution in [0.3, 0.4) is 0 Å². The monoisotopic (exact) mass is 423 g/mol. The molecule has 30 heavy (non-hydrogen) atoms. The third-order valence-corrected chi connectivity index (χ3v) is 5.63. The molecule has 0 fully saturated rings. The number of anilines is 1. The van der Waals surface area contributed by atoms with E-state index in [0.29, 0.717) is 22.7 Å². The van der Waals surface area contributed by atoms with Crippen molar-refractivity contribution in [2.45, 2.75) is 4.90 Å². The van der Waals surface area contributed by atoms with Crippen LogP contribution in [0.4, 0.5) is 5.69 Å². The van der Waals surface area contributed by atoms with Crippen molar-refractivity contribution in [3.05, 3.63) is 83.9 Å². The van der Waals surface area contributed by atoms with E-state index in [1.54, 1.807) is 36.4 Å². The summed E-state index contributed by atoms with van der Waals surface area (Å²) >= 11 is 0. The highest BCUT2D eigenvalue weighted by atomic mass is 32.2. The molecule has 4 rings (SSSR count). The zero-order chi connectivity index (χ0) is 21.0. The Morgan fingerprint density at radius 1 is 0.933 bits per heavy atom. The van der Waals surface area contributed by atoms with Gasteiger partial charge in [-0.3, -0.25) is 9.52 Å². The van der Waals surface area contributed by atoms with E-state index in [1.165, 1.54) is 42.6 Å². The molecule has 1 heterocycles. The number of fused-ring (bicyclic) bond motifs is 1. The summed E-state index contributed by atoms with van der Waals surface area (Å²) in [6, 6.07) is 19.4. The summed E-state index contributed by atoms with van der Waals surface area (Å²) in [7, 11) is -3.69. The van der Waals surface area contributed by atoms with E-state index in [9.17, 15) is 13.2 Å². The Morgan fingerprint density at radius 2 is 1.67 bits per heavy atom. The molecular formula is C21H17N3O5S. The number of amides is 1. The van der Waals surface area contributed by atoms with Crippen molar-refractivity contribution >= 4 is 27.8 Å². The molecule has 0 aromatic heterocycles. The minimum absolute atomic E-state index is 0.157. The van der Waals surface area contributed by atoms with Crippen molar-refractivity contribution < 1.29 is 22.7 Å². The molecule has 0 spiro atoms. The lowest BCUT2D eigenvalue weighted by molar-refractivity contribution is 0.0955. The molecule has 0 saturated heterocycles. The number of hydrazone groups is 1. The molecule has 0 atom stereocenters.